The van der Waals surface area contributed by atoms with Gasteiger partial charge in [0.2, 0.25) is 11.8 Å². The summed E-state index contributed by atoms with van der Waals surface area (Å²) in [5, 5.41) is 16.0. The van der Waals surface area contributed by atoms with Crippen molar-refractivity contribution in [1.82, 2.24) is 19.8 Å². The summed E-state index contributed by atoms with van der Waals surface area (Å²) < 4.78 is 108. The molecule has 0 aliphatic rings. The van der Waals surface area contributed by atoms with Crippen LogP contribution in [0.2, 0.25) is 19.6 Å². The fourth-order valence-electron chi connectivity index (χ4n) is 7.61. The highest BCUT2D eigenvalue weighted by atomic mass is 127. The van der Waals surface area contributed by atoms with E-state index in [4.69, 9.17) is 38.1 Å². The summed E-state index contributed by atoms with van der Waals surface area (Å²) in [6.07, 6.45) is 2.28. The number of nitrogens with one attached hydrogen (secondary N) is 2. The van der Waals surface area contributed by atoms with Crippen LogP contribution in [0, 0.1) is 34.6 Å². The van der Waals surface area contributed by atoms with Crippen LogP contribution in [0.25, 0.3) is 21.5 Å². The molecule has 0 saturated carbocycles. The average molecular weight is 1440 g/mol. The van der Waals surface area contributed by atoms with Crippen molar-refractivity contribution >= 4 is 127 Å². The minimum absolute atomic E-state index is 0. The number of ether oxygens (including phenoxy) is 2. The largest absolute Gasteiger partial charge is 0.474 e. The first-order valence-corrected chi connectivity index (χ1v) is 36.2. The quantitative estimate of drug-likeness (QED) is 0.00980. The highest BCUT2D eigenvalue weighted by Crippen LogP contribution is 2.47. The lowest BCUT2D eigenvalue weighted by atomic mass is 10.1. The lowest BCUT2D eigenvalue weighted by molar-refractivity contribution is -0.133. The maximum Gasteiger partial charge on any atom is 0.474 e. The van der Waals surface area contributed by atoms with Crippen molar-refractivity contribution in [3.05, 3.63) is 144 Å². The smallest absolute Gasteiger partial charge is 0.447 e. The Morgan fingerprint density at radius 3 is 1.35 bits per heavy atom. The molecule has 4 amide bonds. The molecular weight excluding hydrogens is 1360 g/mol. The van der Waals surface area contributed by atoms with Gasteiger partial charge in [0.25, 0.3) is 0 Å². The second-order valence-corrected chi connectivity index (χ2v) is 36.5. The molecular formula is C57H76F4IN7O14P2S2Si. The third-order valence-corrected chi connectivity index (χ3v) is 13.9. The fraction of sp³-hybridized carbons (Fsp3) is 0.386. The Balaban J connectivity index is 0.000000769. The third-order valence-electron chi connectivity index (χ3n) is 12.0. The molecule has 0 aliphatic heterocycles. The van der Waals surface area contributed by atoms with Crippen molar-refractivity contribution in [3.63, 3.8) is 0 Å². The molecule has 2 aromatic heterocycles. The number of phosphoric acid groups is 2. The third kappa shape index (κ3) is 30.6. The van der Waals surface area contributed by atoms with Crippen LogP contribution >= 0.6 is 64.4 Å². The predicted octanol–water partition coefficient (Wildman–Crippen LogP) is 13.1. The van der Waals surface area contributed by atoms with Crippen LogP contribution in [-0.4, -0.2) is 126 Å². The van der Waals surface area contributed by atoms with Crippen molar-refractivity contribution in [2.45, 2.75) is 90.0 Å². The zero-order chi connectivity index (χ0) is 64.0. The van der Waals surface area contributed by atoms with E-state index in [1.54, 1.807) is 30.6 Å². The topological polar surface area (TPSA) is 278 Å². The van der Waals surface area contributed by atoms with Gasteiger partial charge in [-0.15, -0.1) is 21.8 Å². The molecule has 6 aromatic rings. The molecule has 4 aromatic carbocycles. The molecule has 31 heteroatoms. The summed E-state index contributed by atoms with van der Waals surface area (Å²) in [6, 6.07) is 26.3. The van der Waals surface area contributed by atoms with Crippen LogP contribution < -0.4 is 10.6 Å². The number of nitrogens with zero attached hydrogens (tertiary/aromatic N) is 5. The second kappa shape index (κ2) is 40.8. The van der Waals surface area contributed by atoms with E-state index in [0.29, 0.717) is 18.7 Å². The zero-order valence-electron chi connectivity index (χ0n) is 49.8. The Morgan fingerprint density at radius 2 is 1.00 bits per heavy atom. The van der Waals surface area contributed by atoms with E-state index in [2.05, 4.69) is 66.6 Å². The fourth-order valence-corrected chi connectivity index (χ4v) is 8.69. The minimum atomic E-state index is -4.66. The van der Waals surface area contributed by atoms with E-state index in [0.717, 1.165) is 33.7 Å². The SMILES string of the molecule is CC#N.CN(C(=O)CCc1cccc(F)c1F)[C@@H](CCCOP(=O)(O)O)COC(=O)Nc1cc2ccccc2cn1.COP(=O)(OC)OCCC[C@@H](COC(=O)Nc1cc2ccccc2cn1)N(C)C(=O)CCc1cccc(F)c1F.C[Si](C)(C)I.S.S. The van der Waals surface area contributed by atoms with E-state index in [9.17, 15) is 45.9 Å². The van der Waals surface area contributed by atoms with Crippen LogP contribution in [0.5, 0.6) is 0 Å². The highest BCUT2D eigenvalue weighted by molar-refractivity contribution is 14.1. The van der Waals surface area contributed by atoms with Crippen molar-refractivity contribution < 1.29 is 83.2 Å². The Labute approximate surface area is 537 Å². The van der Waals surface area contributed by atoms with Gasteiger partial charge in [-0.3, -0.25) is 38.3 Å². The van der Waals surface area contributed by atoms with Crippen LogP contribution in [0.3, 0.4) is 0 Å². The number of halogens is 5. The number of carbonyl (C=O) groups excluding carboxylic acids is 4. The Morgan fingerprint density at radius 1 is 0.648 bits per heavy atom. The summed E-state index contributed by atoms with van der Waals surface area (Å²) in [5.74, 6) is -4.23. The predicted molar refractivity (Wildman–Crippen MR) is 349 cm³/mol. The number of rotatable bonds is 26. The maximum absolute atomic E-state index is 14.0. The molecule has 4 N–H and O–H groups in total. The van der Waals surface area contributed by atoms with Gasteiger partial charge in [0.15, 0.2) is 23.3 Å². The summed E-state index contributed by atoms with van der Waals surface area (Å²) in [6.45, 7) is 7.65. The number of fused-ring (bicyclic) bond motifs is 2. The average Bonchev–Trinajstić information content (AvgIpc) is 3.67. The number of hydrogen-bond acceptors (Lipinski definition) is 15. The van der Waals surface area contributed by atoms with Crippen LogP contribution in [-0.2, 0) is 59.1 Å². The lowest BCUT2D eigenvalue weighted by Crippen LogP contribution is -2.41. The number of benzene rings is 4. The van der Waals surface area contributed by atoms with E-state index in [1.165, 1.54) is 69.3 Å². The number of aryl methyl sites for hydroxylation is 2. The van der Waals surface area contributed by atoms with Crippen molar-refractivity contribution in [1.29, 1.82) is 5.26 Å². The summed E-state index contributed by atoms with van der Waals surface area (Å²) in [5.41, 5.74) is -0.505. The molecule has 0 unspecified atom stereocenters. The zero-order valence-corrected chi connectivity index (χ0v) is 56.8. The van der Waals surface area contributed by atoms with Gasteiger partial charge in [0.05, 0.1) is 31.4 Å². The number of carbonyl (C=O) groups is 4. The molecule has 88 heavy (non-hydrogen) atoms. The molecule has 6 rings (SSSR count). The Bertz CT molecular complexity index is 3310. The summed E-state index contributed by atoms with van der Waals surface area (Å²) in [4.78, 5) is 79.4. The number of phosphoric ester groups is 2. The molecule has 0 fully saturated rings. The molecule has 0 aliphatic carbocycles. The molecule has 2 atom stereocenters. The van der Waals surface area contributed by atoms with Gasteiger partial charge in [0.1, 0.15) is 30.4 Å². The first-order chi connectivity index (χ1) is 40.6. The van der Waals surface area contributed by atoms with Gasteiger partial charge in [-0.25, -0.2) is 46.2 Å². The van der Waals surface area contributed by atoms with E-state index in [1.807, 2.05) is 48.5 Å². The van der Waals surface area contributed by atoms with Gasteiger partial charge in [-0.05, 0) is 84.7 Å². The number of hydrogen-bond donors (Lipinski definition) is 4. The Hall–Kier alpha value is -5.74. The first kappa shape index (κ1) is 80.3. The highest BCUT2D eigenvalue weighted by Gasteiger charge is 2.27. The molecule has 0 saturated heterocycles. The normalized spacial score (nSPS) is 11.6. The molecule has 0 radical (unpaired) electrons. The standard InChI is InChI=1S/C27H32F2N3O7P.C25H28F2N3O7P.C3H9ISi.C2H3N.2H2S/c1-32(25(33)14-13-19-10-6-12-23(28)26(19)29)22(11-7-15-39-40(35,36-2)37-3)18-38-27(34)31-24-16-20-8-4-5-9-21(20)17-30-24;1-30(23(31)12-11-17-8-4-10-21(26)24(17)27)20(9-5-13-37-38(33,34)35)16-36-25(32)29-22-14-18-6-2-3-7-19(18)15-28-22;1-5(2,3)4;1-2-3;;/h4-6,8-10,12,16-17,22H,7,11,13-15,18H2,1-3H3,(H,30,31,34);2-4,6-8,10,14-15,20H,5,9,11-13,16H2,1H3,(H,28,29,32)(H2,33,34,35);1-3H3;1H3;2*1H2/t22-;20-;;;;/m00..../s1. The Kier molecular flexibility index (Phi) is 37.2. The van der Waals surface area contributed by atoms with Gasteiger partial charge in [-0.1, -0.05) is 92.4 Å². The van der Waals surface area contributed by atoms with Gasteiger partial charge < -0.3 is 29.1 Å². The lowest BCUT2D eigenvalue weighted by Gasteiger charge is -2.28. The number of aromatic nitrogens is 2. The number of anilines is 2. The van der Waals surface area contributed by atoms with Crippen LogP contribution in [0.1, 0.15) is 56.6 Å². The number of nitriles is 1. The number of likely N-dealkylation sites (N-methyl/N-ethyl adjacent to an activating group) is 2. The number of amides is 4. The number of pyridine rings is 2. The first-order valence-electron chi connectivity index (χ1n) is 26.6. The van der Waals surface area contributed by atoms with Crippen molar-refractivity contribution in [3.8, 4) is 6.07 Å². The van der Waals surface area contributed by atoms with Gasteiger partial charge in [0, 0.05) is 71.2 Å². The summed E-state index contributed by atoms with van der Waals surface area (Å²) in [7, 11) is -2.96. The minimum Gasteiger partial charge on any atom is -0.447 e. The summed E-state index contributed by atoms with van der Waals surface area (Å²) >= 11 is 2.52. The van der Waals surface area contributed by atoms with Crippen LogP contribution in [0.15, 0.2) is 109 Å². The molecule has 0 spiro atoms. The van der Waals surface area contributed by atoms with Crippen molar-refractivity contribution in [2.75, 3.05) is 65.4 Å². The van der Waals surface area contributed by atoms with Crippen LogP contribution in [0.4, 0.5) is 38.8 Å². The monoisotopic (exact) mass is 1440 g/mol. The van der Waals surface area contributed by atoms with E-state index >= 15 is 0 Å². The second-order valence-electron chi connectivity index (χ2n) is 19.6. The van der Waals surface area contributed by atoms with Gasteiger partial charge >= 0.3 is 27.8 Å². The van der Waals surface area contributed by atoms with E-state index < -0.39 is 74.7 Å². The molecule has 2 heterocycles. The van der Waals surface area contributed by atoms with E-state index in [-0.39, 0.29) is 115 Å². The molecule has 0 bridgehead atoms. The van der Waals surface area contributed by atoms with Crippen molar-refractivity contribution in [2.24, 2.45) is 0 Å². The maximum atomic E-state index is 14.0. The molecule has 484 valence electrons. The molecule has 21 nitrogen and oxygen atoms in total. The van der Waals surface area contributed by atoms with Gasteiger partial charge in [-0.2, -0.15) is 32.3 Å².